The highest BCUT2D eigenvalue weighted by molar-refractivity contribution is 5.76. The van der Waals surface area contributed by atoms with Gasteiger partial charge in [-0.15, -0.1) is 0 Å². The second-order valence-electron chi connectivity index (χ2n) is 7.35. The molecule has 3 heterocycles. The summed E-state index contributed by atoms with van der Waals surface area (Å²) in [4.78, 5) is 37.7. The lowest BCUT2D eigenvalue weighted by molar-refractivity contribution is -0.133. The number of hydrogen-bond acceptors (Lipinski definition) is 7. The van der Waals surface area contributed by atoms with E-state index < -0.39 is 0 Å². The monoisotopic (exact) mass is 408 g/mol. The molecule has 0 bridgehead atoms. The topological polar surface area (TPSA) is 97.4 Å². The summed E-state index contributed by atoms with van der Waals surface area (Å²) >= 11 is 0. The molecule has 1 fully saturated rings. The molecule has 0 unspecified atom stereocenters. The van der Waals surface area contributed by atoms with Crippen LogP contribution in [0, 0.1) is 6.92 Å². The molecule has 4 rings (SSSR count). The normalized spacial score (nSPS) is 14.8. The summed E-state index contributed by atoms with van der Waals surface area (Å²) in [5.74, 6) is 0.627. The standard InChI is InChI=1S/C21H24N6O3/c1-16-23-20(30-24-16)18-13-22-15-27(21(18)29)8-7-19(28)26-11-9-25(10-12-26)14-17-5-3-2-4-6-17/h2-6,13,15H,7-12,14H2,1H3. The number of benzene rings is 1. The van der Waals surface area contributed by atoms with Crippen LogP contribution in [0.25, 0.3) is 11.5 Å². The molecule has 1 aromatic carbocycles. The first-order chi connectivity index (χ1) is 14.6. The molecule has 3 aromatic rings. The van der Waals surface area contributed by atoms with Gasteiger partial charge in [0.25, 0.3) is 11.4 Å². The molecule has 2 aromatic heterocycles. The van der Waals surface area contributed by atoms with Crippen molar-refractivity contribution in [3.63, 3.8) is 0 Å². The number of piperazine rings is 1. The highest BCUT2D eigenvalue weighted by Crippen LogP contribution is 2.12. The number of aromatic nitrogens is 4. The molecule has 0 saturated carbocycles. The maximum Gasteiger partial charge on any atom is 0.266 e. The molecule has 0 radical (unpaired) electrons. The molecule has 0 atom stereocenters. The number of carbonyl (C=O) groups excluding carboxylic acids is 1. The summed E-state index contributed by atoms with van der Waals surface area (Å²) in [5, 5.41) is 3.70. The van der Waals surface area contributed by atoms with Gasteiger partial charge in [-0.05, 0) is 12.5 Å². The first-order valence-corrected chi connectivity index (χ1v) is 9.99. The Kier molecular flexibility index (Phi) is 5.99. The fourth-order valence-electron chi connectivity index (χ4n) is 3.53. The van der Waals surface area contributed by atoms with Gasteiger partial charge in [-0.25, -0.2) is 4.98 Å². The maximum absolute atomic E-state index is 12.6. The molecule has 9 heteroatoms. The van der Waals surface area contributed by atoms with E-state index in [-0.39, 0.29) is 35.9 Å². The third-order valence-corrected chi connectivity index (χ3v) is 5.20. The van der Waals surface area contributed by atoms with Gasteiger partial charge in [-0.1, -0.05) is 35.5 Å². The fourth-order valence-corrected chi connectivity index (χ4v) is 3.53. The molecular formula is C21H24N6O3. The summed E-state index contributed by atoms with van der Waals surface area (Å²) < 4.78 is 6.48. The lowest BCUT2D eigenvalue weighted by Gasteiger charge is -2.34. The van der Waals surface area contributed by atoms with Gasteiger partial charge in [-0.2, -0.15) is 4.98 Å². The van der Waals surface area contributed by atoms with E-state index in [0.717, 1.165) is 19.6 Å². The van der Waals surface area contributed by atoms with Crippen LogP contribution in [0.4, 0.5) is 0 Å². The summed E-state index contributed by atoms with van der Waals surface area (Å²) in [5.41, 5.74) is 1.22. The highest BCUT2D eigenvalue weighted by Gasteiger charge is 2.21. The van der Waals surface area contributed by atoms with Crippen molar-refractivity contribution in [2.24, 2.45) is 0 Å². The van der Waals surface area contributed by atoms with E-state index in [9.17, 15) is 9.59 Å². The van der Waals surface area contributed by atoms with Gasteiger partial charge in [0.15, 0.2) is 5.82 Å². The summed E-state index contributed by atoms with van der Waals surface area (Å²) in [6.45, 7) is 5.91. The van der Waals surface area contributed by atoms with Gasteiger partial charge in [0.1, 0.15) is 5.56 Å². The minimum Gasteiger partial charge on any atom is -0.340 e. The molecule has 156 valence electrons. The lowest BCUT2D eigenvalue weighted by Crippen LogP contribution is -2.48. The molecule has 1 amide bonds. The Morgan fingerprint density at radius 3 is 2.60 bits per heavy atom. The van der Waals surface area contributed by atoms with Gasteiger partial charge >= 0.3 is 0 Å². The van der Waals surface area contributed by atoms with Gasteiger partial charge in [-0.3, -0.25) is 19.1 Å². The van der Waals surface area contributed by atoms with Crippen molar-refractivity contribution < 1.29 is 9.32 Å². The number of carbonyl (C=O) groups is 1. The molecule has 30 heavy (non-hydrogen) atoms. The smallest absolute Gasteiger partial charge is 0.266 e. The maximum atomic E-state index is 12.6. The Labute approximate surface area is 174 Å². The molecule has 1 aliphatic rings. The van der Waals surface area contributed by atoms with Crippen molar-refractivity contribution in [2.75, 3.05) is 26.2 Å². The van der Waals surface area contributed by atoms with Crippen LogP contribution in [-0.4, -0.2) is 61.6 Å². The SMILES string of the molecule is Cc1noc(-c2cncn(CCC(=O)N3CCN(Cc4ccccc4)CC3)c2=O)n1. The van der Waals surface area contributed by atoms with Crippen molar-refractivity contribution in [1.82, 2.24) is 29.5 Å². The number of aryl methyl sites for hydroxylation is 2. The van der Waals surface area contributed by atoms with Crippen LogP contribution in [0.5, 0.6) is 0 Å². The zero-order chi connectivity index (χ0) is 20.9. The fraction of sp³-hybridized carbons (Fsp3) is 0.381. The van der Waals surface area contributed by atoms with E-state index in [1.807, 2.05) is 23.1 Å². The average molecular weight is 408 g/mol. The van der Waals surface area contributed by atoms with Gasteiger partial charge in [0.2, 0.25) is 5.91 Å². The summed E-state index contributed by atoms with van der Waals surface area (Å²) in [6.07, 6.45) is 3.08. The largest absolute Gasteiger partial charge is 0.340 e. The predicted molar refractivity (Wildman–Crippen MR) is 109 cm³/mol. The zero-order valence-electron chi connectivity index (χ0n) is 16.9. The van der Waals surface area contributed by atoms with Gasteiger partial charge < -0.3 is 9.42 Å². The molecule has 0 aliphatic carbocycles. The average Bonchev–Trinajstić information content (AvgIpc) is 3.20. The third kappa shape index (κ3) is 4.62. The van der Waals surface area contributed by atoms with Crippen LogP contribution in [0.1, 0.15) is 17.8 Å². The van der Waals surface area contributed by atoms with Crippen LogP contribution in [-0.2, 0) is 17.9 Å². The van der Waals surface area contributed by atoms with Crippen LogP contribution in [0.3, 0.4) is 0 Å². The Morgan fingerprint density at radius 2 is 1.90 bits per heavy atom. The minimum absolute atomic E-state index is 0.0419. The van der Waals surface area contributed by atoms with Crippen molar-refractivity contribution in [3.8, 4) is 11.5 Å². The second-order valence-corrected chi connectivity index (χ2v) is 7.35. The van der Waals surface area contributed by atoms with E-state index in [0.29, 0.717) is 18.9 Å². The van der Waals surface area contributed by atoms with E-state index >= 15 is 0 Å². The quantitative estimate of drug-likeness (QED) is 0.607. The van der Waals surface area contributed by atoms with Gasteiger partial charge in [0.05, 0.1) is 6.33 Å². The number of hydrogen-bond donors (Lipinski definition) is 0. The number of amides is 1. The molecule has 1 saturated heterocycles. The minimum atomic E-state index is -0.297. The molecule has 0 spiro atoms. The van der Waals surface area contributed by atoms with Crippen molar-refractivity contribution >= 4 is 5.91 Å². The first kappa shape index (κ1) is 20.0. The first-order valence-electron chi connectivity index (χ1n) is 9.99. The van der Waals surface area contributed by atoms with Gasteiger partial charge in [0, 0.05) is 51.9 Å². The third-order valence-electron chi connectivity index (χ3n) is 5.20. The van der Waals surface area contributed by atoms with Crippen LogP contribution in [0.15, 0.2) is 52.2 Å². The summed E-state index contributed by atoms with van der Waals surface area (Å²) in [7, 11) is 0. The lowest BCUT2D eigenvalue weighted by atomic mass is 10.2. The Balaban J connectivity index is 1.31. The van der Waals surface area contributed by atoms with E-state index in [2.05, 4.69) is 32.2 Å². The van der Waals surface area contributed by atoms with Crippen LogP contribution < -0.4 is 5.56 Å². The second kappa shape index (κ2) is 9.00. The van der Waals surface area contributed by atoms with E-state index in [4.69, 9.17) is 4.52 Å². The molecule has 0 N–H and O–H groups in total. The summed E-state index contributed by atoms with van der Waals surface area (Å²) in [6, 6.07) is 10.3. The highest BCUT2D eigenvalue weighted by atomic mass is 16.5. The zero-order valence-corrected chi connectivity index (χ0v) is 16.9. The molecule has 9 nitrogen and oxygen atoms in total. The van der Waals surface area contributed by atoms with Crippen LogP contribution in [0.2, 0.25) is 0 Å². The van der Waals surface area contributed by atoms with E-state index in [1.165, 1.54) is 22.7 Å². The Hall–Kier alpha value is -3.33. The van der Waals surface area contributed by atoms with Crippen molar-refractivity contribution in [1.29, 1.82) is 0 Å². The molecular weight excluding hydrogens is 384 g/mol. The molecule has 1 aliphatic heterocycles. The van der Waals surface area contributed by atoms with Crippen LogP contribution >= 0.6 is 0 Å². The van der Waals surface area contributed by atoms with Crippen molar-refractivity contribution in [2.45, 2.75) is 26.4 Å². The predicted octanol–water partition coefficient (Wildman–Crippen LogP) is 1.34. The Morgan fingerprint density at radius 1 is 1.13 bits per heavy atom. The number of nitrogens with zero attached hydrogens (tertiary/aromatic N) is 6. The van der Waals surface area contributed by atoms with Crippen molar-refractivity contribution in [3.05, 3.63) is 64.6 Å². The Bertz CT molecular complexity index is 1050. The van der Waals surface area contributed by atoms with E-state index in [1.54, 1.807) is 6.92 Å². The number of rotatable bonds is 6.